The van der Waals surface area contributed by atoms with Gasteiger partial charge in [-0.15, -0.1) is 0 Å². The van der Waals surface area contributed by atoms with E-state index in [0.717, 1.165) is 37.6 Å². The summed E-state index contributed by atoms with van der Waals surface area (Å²) in [6.07, 6.45) is 0.910. The zero-order chi connectivity index (χ0) is 17.6. The van der Waals surface area contributed by atoms with Gasteiger partial charge in [-0.1, -0.05) is 0 Å². The summed E-state index contributed by atoms with van der Waals surface area (Å²) in [4.78, 5) is 16.8. The van der Waals surface area contributed by atoms with E-state index in [9.17, 15) is 4.79 Å². The maximum absolute atomic E-state index is 12.7. The summed E-state index contributed by atoms with van der Waals surface area (Å²) in [5, 5.41) is 8.83. The van der Waals surface area contributed by atoms with Crippen LogP contribution in [0, 0.1) is 11.3 Å². The average Bonchev–Trinajstić information content (AvgIpc) is 2.98. The van der Waals surface area contributed by atoms with Gasteiger partial charge in [0.15, 0.2) is 0 Å². The first-order valence-electron chi connectivity index (χ1n) is 8.34. The van der Waals surface area contributed by atoms with E-state index >= 15 is 0 Å². The van der Waals surface area contributed by atoms with Crippen LogP contribution < -0.4 is 4.74 Å². The van der Waals surface area contributed by atoms with E-state index < -0.39 is 0 Å². The lowest BCUT2D eigenvalue weighted by Gasteiger charge is -2.21. The number of ether oxygens (including phenoxy) is 1. The number of hydrogen-bond acceptors (Lipinski definition) is 5. The predicted octanol–water partition coefficient (Wildman–Crippen LogP) is 2.51. The van der Waals surface area contributed by atoms with Crippen LogP contribution in [0.15, 0.2) is 40.8 Å². The topological polar surface area (TPSA) is 69.7 Å². The summed E-state index contributed by atoms with van der Waals surface area (Å²) in [6.45, 7) is 3.76. The van der Waals surface area contributed by atoms with Crippen LogP contribution in [0.25, 0.3) is 0 Å². The quantitative estimate of drug-likeness (QED) is 0.856. The first kappa shape index (κ1) is 17.1. The van der Waals surface area contributed by atoms with Crippen LogP contribution in [0.2, 0.25) is 0 Å². The van der Waals surface area contributed by atoms with Gasteiger partial charge in [-0.3, -0.25) is 9.69 Å². The summed E-state index contributed by atoms with van der Waals surface area (Å²) in [5.41, 5.74) is 0.680. The molecule has 1 amide bonds. The third kappa shape index (κ3) is 4.20. The molecule has 1 saturated heterocycles. The van der Waals surface area contributed by atoms with Gasteiger partial charge in [-0.05, 0) is 42.8 Å². The Labute approximate surface area is 147 Å². The molecule has 6 nitrogen and oxygen atoms in total. The van der Waals surface area contributed by atoms with Crippen molar-refractivity contribution < 1.29 is 13.9 Å². The molecule has 0 radical (unpaired) electrons. The average molecular weight is 339 g/mol. The van der Waals surface area contributed by atoms with Crippen LogP contribution in [0.1, 0.15) is 28.3 Å². The number of methoxy groups -OCH3 is 1. The van der Waals surface area contributed by atoms with Gasteiger partial charge >= 0.3 is 0 Å². The van der Waals surface area contributed by atoms with E-state index in [1.807, 2.05) is 17.0 Å². The first-order chi connectivity index (χ1) is 12.2. The van der Waals surface area contributed by atoms with Crippen LogP contribution >= 0.6 is 0 Å². The van der Waals surface area contributed by atoms with Crippen molar-refractivity contribution in [3.05, 3.63) is 53.5 Å². The molecule has 0 atom stereocenters. The fourth-order valence-corrected chi connectivity index (χ4v) is 2.99. The zero-order valence-electron chi connectivity index (χ0n) is 14.3. The number of amides is 1. The van der Waals surface area contributed by atoms with Gasteiger partial charge in [0.05, 0.1) is 13.7 Å². The van der Waals surface area contributed by atoms with E-state index in [0.29, 0.717) is 24.4 Å². The van der Waals surface area contributed by atoms with E-state index in [1.54, 1.807) is 37.4 Å². The van der Waals surface area contributed by atoms with Crippen molar-refractivity contribution in [3.8, 4) is 11.8 Å². The van der Waals surface area contributed by atoms with Crippen LogP contribution in [-0.4, -0.2) is 49.0 Å². The van der Waals surface area contributed by atoms with Crippen LogP contribution in [0.3, 0.4) is 0 Å². The number of nitriles is 1. The molecule has 2 heterocycles. The molecule has 1 aliphatic heterocycles. The summed E-state index contributed by atoms with van der Waals surface area (Å²) in [6, 6.07) is 12.7. The van der Waals surface area contributed by atoms with Gasteiger partial charge in [-0.2, -0.15) is 5.26 Å². The Morgan fingerprint density at radius 3 is 2.64 bits per heavy atom. The van der Waals surface area contributed by atoms with E-state index in [4.69, 9.17) is 14.4 Å². The van der Waals surface area contributed by atoms with E-state index in [-0.39, 0.29) is 5.91 Å². The number of carbonyl (C=O) groups excluding carboxylic acids is 1. The predicted molar refractivity (Wildman–Crippen MR) is 92.2 cm³/mol. The molecule has 3 rings (SSSR count). The minimum Gasteiger partial charge on any atom is -0.497 e. The lowest BCUT2D eigenvalue weighted by atomic mass is 10.2. The molecule has 0 N–H and O–H groups in total. The molecule has 0 spiro atoms. The maximum atomic E-state index is 12.7. The normalized spacial score (nSPS) is 15.4. The standard InChI is InChI=1S/C19H21N3O3/c1-24-16-5-3-15(4-6-16)19(23)22-10-2-9-21(11-12-22)14-18-8-7-17(13-20)25-18/h3-8H,2,9-12,14H2,1H3. The molecule has 0 bridgehead atoms. The summed E-state index contributed by atoms with van der Waals surface area (Å²) >= 11 is 0. The molecule has 1 aromatic heterocycles. The van der Waals surface area contributed by atoms with Crippen molar-refractivity contribution in [3.63, 3.8) is 0 Å². The maximum Gasteiger partial charge on any atom is 0.253 e. The van der Waals surface area contributed by atoms with Crippen molar-refractivity contribution in [2.75, 3.05) is 33.3 Å². The monoisotopic (exact) mass is 339 g/mol. The van der Waals surface area contributed by atoms with Gasteiger partial charge in [0.2, 0.25) is 5.76 Å². The molecule has 0 unspecified atom stereocenters. The highest BCUT2D eigenvalue weighted by Crippen LogP contribution is 2.16. The Kier molecular flexibility index (Phi) is 5.36. The van der Waals surface area contributed by atoms with Crippen LogP contribution in [-0.2, 0) is 6.54 Å². The third-order valence-electron chi connectivity index (χ3n) is 4.36. The molecule has 1 aliphatic rings. The number of benzene rings is 1. The lowest BCUT2D eigenvalue weighted by molar-refractivity contribution is 0.0760. The number of furan rings is 1. The summed E-state index contributed by atoms with van der Waals surface area (Å²) in [5.74, 6) is 1.91. The van der Waals surface area contributed by atoms with Gasteiger partial charge in [0, 0.05) is 31.7 Å². The second-order valence-corrected chi connectivity index (χ2v) is 6.03. The van der Waals surface area contributed by atoms with Gasteiger partial charge < -0.3 is 14.1 Å². The second-order valence-electron chi connectivity index (χ2n) is 6.03. The molecule has 1 fully saturated rings. The van der Waals surface area contributed by atoms with Crippen molar-refractivity contribution in [1.29, 1.82) is 5.26 Å². The van der Waals surface area contributed by atoms with Crippen molar-refractivity contribution >= 4 is 5.91 Å². The van der Waals surface area contributed by atoms with E-state index in [2.05, 4.69) is 4.90 Å². The minimum absolute atomic E-state index is 0.0502. The molecule has 0 aliphatic carbocycles. The van der Waals surface area contributed by atoms with Gasteiger partial charge in [0.1, 0.15) is 17.6 Å². The largest absolute Gasteiger partial charge is 0.497 e. The molecule has 6 heteroatoms. The van der Waals surface area contributed by atoms with Crippen molar-refractivity contribution in [1.82, 2.24) is 9.80 Å². The zero-order valence-corrected chi connectivity index (χ0v) is 14.3. The Balaban J connectivity index is 1.58. The highest BCUT2D eigenvalue weighted by molar-refractivity contribution is 5.94. The molecular formula is C19H21N3O3. The second kappa shape index (κ2) is 7.86. The van der Waals surface area contributed by atoms with Gasteiger partial charge in [-0.25, -0.2) is 0 Å². The molecule has 0 saturated carbocycles. The highest BCUT2D eigenvalue weighted by Gasteiger charge is 2.21. The molecule has 25 heavy (non-hydrogen) atoms. The Morgan fingerprint density at radius 2 is 1.96 bits per heavy atom. The van der Waals surface area contributed by atoms with Gasteiger partial charge in [0.25, 0.3) is 5.91 Å². The number of hydrogen-bond donors (Lipinski definition) is 0. The molecule has 130 valence electrons. The third-order valence-corrected chi connectivity index (χ3v) is 4.36. The first-order valence-corrected chi connectivity index (χ1v) is 8.34. The number of carbonyl (C=O) groups is 1. The number of nitrogens with zero attached hydrogens (tertiary/aromatic N) is 3. The Hall–Kier alpha value is -2.78. The highest BCUT2D eigenvalue weighted by atomic mass is 16.5. The fraction of sp³-hybridized carbons (Fsp3) is 0.368. The molecular weight excluding hydrogens is 318 g/mol. The lowest BCUT2D eigenvalue weighted by Crippen LogP contribution is -2.35. The Morgan fingerprint density at radius 1 is 1.16 bits per heavy atom. The van der Waals surface area contributed by atoms with E-state index in [1.165, 1.54) is 0 Å². The minimum atomic E-state index is 0.0502. The van der Waals surface area contributed by atoms with Crippen molar-refractivity contribution in [2.24, 2.45) is 0 Å². The Bertz CT molecular complexity index is 761. The summed E-state index contributed by atoms with van der Waals surface area (Å²) in [7, 11) is 1.61. The van der Waals surface area contributed by atoms with Crippen LogP contribution in [0.5, 0.6) is 5.75 Å². The fourth-order valence-electron chi connectivity index (χ4n) is 2.99. The SMILES string of the molecule is COc1ccc(C(=O)N2CCCN(Cc3ccc(C#N)o3)CC2)cc1. The number of rotatable bonds is 4. The molecule has 1 aromatic carbocycles. The molecule has 2 aromatic rings. The van der Waals surface area contributed by atoms with Crippen LogP contribution in [0.4, 0.5) is 0 Å². The van der Waals surface area contributed by atoms with Crippen molar-refractivity contribution in [2.45, 2.75) is 13.0 Å². The summed E-state index contributed by atoms with van der Waals surface area (Å²) < 4.78 is 10.6. The smallest absolute Gasteiger partial charge is 0.253 e.